The lowest BCUT2D eigenvalue weighted by Gasteiger charge is -2.17. The molecule has 3 aromatic rings. The van der Waals surface area contributed by atoms with E-state index in [1.165, 1.54) is 11.1 Å². The maximum Gasteiger partial charge on any atom is 0.213 e. The number of benzene rings is 3. The van der Waals surface area contributed by atoms with Gasteiger partial charge in [0.1, 0.15) is 18.1 Å². The highest BCUT2D eigenvalue weighted by molar-refractivity contribution is 5.63. The fourth-order valence-electron chi connectivity index (χ4n) is 2.88. The van der Waals surface area contributed by atoms with Crippen LogP contribution in [0.5, 0.6) is 11.5 Å². The van der Waals surface area contributed by atoms with Crippen molar-refractivity contribution in [2.75, 3.05) is 13.2 Å². The number of ether oxygens (including phenoxy) is 3. The first kappa shape index (κ1) is 20.4. The van der Waals surface area contributed by atoms with E-state index in [0.717, 1.165) is 17.7 Å². The fraction of sp³-hybridized carbons (Fsp3) is 0.240. The van der Waals surface area contributed by atoms with Crippen LogP contribution in [0.1, 0.15) is 18.9 Å². The van der Waals surface area contributed by atoms with Gasteiger partial charge in [-0.05, 0) is 47.4 Å². The summed E-state index contributed by atoms with van der Waals surface area (Å²) >= 11 is 0. The van der Waals surface area contributed by atoms with E-state index in [0.29, 0.717) is 19.0 Å². The molecule has 3 aromatic carbocycles. The normalized spacial score (nSPS) is 11.4. The van der Waals surface area contributed by atoms with Crippen LogP contribution in [0, 0.1) is 11.3 Å². The Kier molecular flexibility index (Phi) is 7.68. The molecule has 0 fully saturated rings. The van der Waals surface area contributed by atoms with Gasteiger partial charge in [0.2, 0.25) is 6.29 Å². The highest BCUT2D eigenvalue weighted by atomic mass is 16.7. The molecule has 148 valence electrons. The van der Waals surface area contributed by atoms with Crippen LogP contribution in [-0.4, -0.2) is 19.5 Å². The molecule has 0 heterocycles. The van der Waals surface area contributed by atoms with E-state index in [1.54, 1.807) is 0 Å². The molecule has 0 saturated carbocycles. The summed E-state index contributed by atoms with van der Waals surface area (Å²) in [5.74, 6) is 1.47. The average Bonchev–Trinajstić information content (AvgIpc) is 2.78. The molecule has 1 unspecified atom stereocenters. The molecular weight excluding hydrogens is 362 g/mol. The van der Waals surface area contributed by atoms with E-state index in [1.807, 2.05) is 66.7 Å². The van der Waals surface area contributed by atoms with Crippen LogP contribution in [0.25, 0.3) is 11.1 Å². The van der Waals surface area contributed by atoms with Crippen molar-refractivity contribution >= 4 is 0 Å². The van der Waals surface area contributed by atoms with Gasteiger partial charge in [-0.1, -0.05) is 61.5 Å². The molecule has 0 saturated heterocycles. The predicted octanol–water partition coefficient (Wildman–Crippen LogP) is 5.63. The third-order valence-electron chi connectivity index (χ3n) is 4.47. The average molecular weight is 387 g/mol. The number of rotatable bonds is 10. The minimum absolute atomic E-state index is 0.154. The molecule has 0 bridgehead atoms. The van der Waals surface area contributed by atoms with Crippen LogP contribution in [-0.2, 0) is 11.2 Å². The molecule has 0 aromatic heterocycles. The summed E-state index contributed by atoms with van der Waals surface area (Å²) in [5.41, 5.74) is 3.55. The smallest absolute Gasteiger partial charge is 0.213 e. The van der Waals surface area contributed by atoms with Gasteiger partial charge < -0.3 is 14.2 Å². The van der Waals surface area contributed by atoms with Gasteiger partial charge in [0.05, 0.1) is 19.1 Å². The van der Waals surface area contributed by atoms with Gasteiger partial charge in [0.25, 0.3) is 0 Å². The Labute approximate surface area is 172 Å². The Morgan fingerprint density at radius 3 is 2.10 bits per heavy atom. The molecule has 0 aliphatic rings. The van der Waals surface area contributed by atoms with Gasteiger partial charge in [-0.2, -0.15) is 5.26 Å². The minimum Gasteiger partial charge on any atom is -0.491 e. The first-order valence-electron chi connectivity index (χ1n) is 9.81. The van der Waals surface area contributed by atoms with E-state index in [9.17, 15) is 0 Å². The molecule has 4 nitrogen and oxygen atoms in total. The third kappa shape index (κ3) is 6.38. The van der Waals surface area contributed by atoms with E-state index in [2.05, 4.69) is 25.1 Å². The highest BCUT2D eigenvalue weighted by Crippen LogP contribution is 2.22. The summed E-state index contributed by atoms with van der Waals surface area (Å²) in [6.07, 6.45) is 0.514. The summed E-state index contributed by atoms with van der Waals surface area (Å²) in [4.78, 5) is 0. The van der Waals surface area contributed by atoms with Crippen molar-refractivity contribution in [2.45, 2.75) is 26.1 Å². The zero-order chi connectivity index (χ0) is 20.3. The lowest BCUT2D eigenvalue weighted by Crippen LogP contribution is -2.23. The number of aryl methyl sites for hydroxylation is 1. The Morgan fingerprint density at radius 1 is 0.793 bits per heavy atom. The molecule has 0 aliphatic heterocycles. The Hall–Kier alpha value is -3.29. The standard InChI is InChI=1S/C25H25NO3/c1-2-20-8-12-24(13-9-20)29-25(16-17-26)28-19-18-27-23-14-10-22(11-15-23)21-6-4-3-5-7-21/h3-15,25H,2,16,18-19H2,1H3. The molecule has 0 amide bonds. The van der Waals surface area contributed by atoms with Crippen LogP contribution in [0.2, 0.25) is 0 Å². The minimum atomic E-state index is -0.614. The number of nitrogens with zero attached hydrogens (tertiary/aromatic N) is 1. The fourth-order valence-corrected chi connectivity index (χ4v) is 2.88. The van der Waals surface area contributed by atoms with E-state index < -0.39 is 6.29 Å². The summed E-state index contributed by atoms with van der Waals surface area (Å²) in [6, 6.07) is 28.1. The molecule has 3 rings (SSSR count). The summed E-state index contributed by atoms with van der Waals surface area (Å²) in [6.45, 7) is 2.82. The van der Waals surface area contributed by atoms with Crippen LogP contribution >= 0.6 is 0 Å². The second-order valence-electron chi connectivity index (χ2n) is 6.52. The van der Waals surface area contributed by atoms with Gasteiger partial charge in [-0.15, -0.1) is 0 Å². The molecular formula is C25H25NO3. The molecule has 0 radical (unpaired) electrons. The maximum absolute atomic E-state index is 9.01. The zero-order valence-electron chi connectivity index (χ0n) is 16.6. The molecule has 29 heavy (non-hydrogen) atoms. The van der Waals surface area contributed by atoms with Crippen molar-refractivity contribution in [1.29, 1.82) is 5.26 Å². The van der Waals surface area contributed by atoms with Gasteiger partial charge in [-0.3, -0.25) is 0 Å². The summed E-state index contributed by atoms with van der Waals surface area (Å²) in [7, 11) is 0. The Balaban J connectivity index is 1.45. The topological polar surface area (TPSA) is 51.5 Å². The largest absolute Gasteiger partial charge is 0.491 e. The summed E-state index contributed by atoms with van der Waals surface area (Å²) < 4.78 is 17.2. The van der Waals surface area contributed by atoms with Crippen molar-refractivity contribution < 1.29 is 14.2 Å². The van der Waals surface area contributed by atoms with Crippen molar-refractivity contribution in [2.24, 2.45) is 0 Å². The first-order valence-corrected chi connectivity index (χ1v) is 9.81. The quantitative estimate of drug-likeness (QED) is 0.334. The number of hydrogen-bond acceptors (Lipinski definition) is 4. The van der Waals surface area contributed by atoms with Crippen molar-refractivity contribution in [3.05, 3.63) is 84.4 Å². The zero-order valence-corrected chi connectivity index (χ0v) is 16.6. The Bertz CT molecular complexity index is 900. The first-order chi connectivity index (χ1) is 14.3. The molecule has 4 heteroatoms. The molecule has 1 atom stereocenters. The second-order valence-corrected chi connectivity index (χ2v) is 6.52. The van der Waals surface area contributed by atoms with Gasteiger partial charge in [-0.25, -0.2) is 0 Å². The lowest BCUT2D eigenvalue weighted by atomic mass is 10.1. The second kappa shape index (κ2) is 10.9. The van der Waals surface area contributed by atoms with Crippen LogP contribution in [0.4, 0.5) is 0 Å². The van der Waals surface area contributed by atoms with E-state index in [4.69, 9.17) is 19.5 Å². The lowest BCUT2D eigenvalue weighted by molar-refractivity contribution is -0.0830. The van der Waals surface area contributed by atoms with Crippen LogP contribution in [0.15, 0.2) is 78.9 Å². The molecule has 0 spiro atoms. The van der Waals surface area contributed by atoms with E-state index >= 15 is 0 Å². The monoisotopic (exact) mass is 387 g/mol. The summed E-state index contributed by atoms with van der Waals surface area (Å²) in [5, 5.41) is 9.01. The van der Waals surface area contributed by atoms with Crippen molar-refractivity contribution in [1.82, 2.24) is 0 Å². The van der Waals surface area contributed by atoms with E-state index in [-0.39, 0.29) is 6.42 Å². The molecule has 0 N–H and O–H groups in total. The SMILES string of the molecule is CCc1ccc(OC(CC#N)OCCOc2ccc(-c3ccccc3)cc2)cc1. The van der Waals surface area contributed by atoms with Gasteiger partial charge in [0, 0.05) is 0 Å². The van der Waals surface area contributed by atoms with Crippen molar-refractivity contribution in [3.8, 4) is 28.7 Å². The maximum atomic E-state index is 9.01. The predicted molar refractivity (Wildman–Crippen MR) is 114 cm³/mol. The Morgan fingerprint density at radius 2 is 1.45 bits per heavy atom. The number of nitriles is 1. The van der Waals surface area contributed by atoms with Gasteiger partial charge >= 0.3 is 0 Å². The third-order valence-corrected chi connectivity index (χ3v) is 4.47. The number of hydrogen-bond donors (Lipinski definition) is 0. The van der Waals surface area contributed by atoms with Crippen LogP contribution in [0.3, 0.4) is 0 Å². The van der Waals surface area contributed by atoms with Crippen molar-refractivity contribution in [3.63, 3.8) is 0 Å². The van der Waals surface area contributed by atoms with Crippen LogP contribution < -0.4 is 9.47 Å². The van der Waals surface area contributed by atoms with Gasteiger partial charge in [0.15, 0.2) is 0 Å². The molecule has 0 aliphatic carbocycles. The highest BCUT2D eigenvalue weighted by Gasteiger charge is 2.11.